The molecule has 0 unspecified atom stereocenters. The van der Waals surface area contributed by atoms with E-state index in [2.05, 4.69) is 10.3 Å². The third-order valence-corrected chi connectivity index (χ3v) is 7.56. The number of nitrogens with zero attached hydrogens (tertiary/aromatic N) is 3. The van der Waals surface area contributed by atoms with E-state index in [0.29, 0.717) is 13.0 Å². The molecule has 32 heavy (non-hydrogen) atoms. The fraction of sp³-hybridized carbons (Fsp3) is 0.435. The number of aromatic nitrogens is 1. The minimum Gasteiger partial charge on any atom is -0.354 e. The second kappa shape index (κ2) is 10.2. The summed E-state index contributed by atoms with van der Waals surface area (Å²) in [6.07, 6.45) is 2.21. The van der Waals surface area contributed by atoms with E-state index in [1.165, 1.54) is 16.1 Å². The summed E-state index contributed by atoms with van der Waals surface area (Å²) in [7, 11) is -3.90. The molecule has 1 atom stereocenters. The number of sulfonamides is 1. The van der Waals surface area contributed by atoms with Crippen LogP contribution in [0.1, 0.15) is 37.9 Å². The number of nitrogens with one attached hydrogen (secondary N) is 1. The van der Waals surface area contributed by atoms with Gasteiger partial charge in [-0.2, -0.15) is 4.31 Å². The summed E-state index contributed by atoms with van der Waals surface area (Å²) in [5.41, 5.74) is 1.87. The third kappa shape index (κ3) is 5.52. The van der Waals surface area contributed by atoms with E-state index < -0.39 is 22.0 Å². The highest BCUT2D eigenvalue weighted by Gasteiger charge is 2.40. The van der Waals surface area contributed by atoms with Gasteiger partial charge in [0.15, 0.2) is 0 Å². The van der Waals surface area contributed by atoms with Crippen molar-refractivity contribution in [1.29, 1.82) is 0 Å². The van der Waals surface area contributed by atoms with Gasteiger partial charge in [-0.15, -0.1) is 0 Å². The molecule has 1 N–H and O–H groups in total. The van der Waals surface area contributed by atoms with Gasteiger partial charge in [0.25, 0.3) is 0 Å². The molecule has 0 spiro atoms. The molecule has 3 rings (SSSR count). The summed E-state index contributed by atoms with van der Waals surface area (Å²) in [4.78, 5) is 30.8. The molecule has 8 nitrogen and oxygen atoms in total. The van der Waals surface area contributed by atoms with Crippen molar-refractivity contribution in [2.75, 3.05) is 26.2 Å². The Bertz CT molecular complexity index is 1040. The van der Waals surface area contributed by atoms with Gasteiger partial charge >= 0.3 is 0 Å². The smallest absolute Gasteiger partial charge is 0.243 e. The van der Waals surface area contributed by atoms with Crippen molar-refractivity contribution in [3.8, 4) is 0 Å². The Morgan fingerprint density at radius 1 is 1.12 bits per heavy atom. The highest BCUT2D eigenvalue weighted by Crippen LogP contribution is 2.24. The first-order valence-corrected chi connectivity index (χ1v) is 12.2. The monoisotopic (exact) mass is 458 g/mol. The van der Waals surface area contributed by atoms with Gasteiger partial charge in [0.05, 0.1) is 4.90 Å². The Labute approximate surface area is 189 Å². The van der Waals surface area contributed by atoms with Crippen LogP contribution >= 0.6 is 0 Å². The van der Waals surface area contributed by atoms with Crippen LogP contribution < -0.4 is 5.32 Å². The van der Waals surface area contributed by atoms with Gasteiger partial charge in [0, 0.05) is 51.4 Å². The molecule has 1 fully saturated rings. The molecule has 1 aromatic carbocycles. The summed E-state index contributed by atoms with van der Waals surface area (Å²) in [5.74, 6) is -0.327. The third-order valence-electron chi connectivity index (χ3n) is 5.64. The lowest BCUT2D eigenvalue weighted by Crippen LogP contribution is -2.61. The Kier molecular flexibility index (Phi) is 7.63. The molecule has 9 heteroatoms. The summed E-state index contributed by atoms with van der Waals surface area (Å²) < 4.78 is 28.0. The maximum absolute atomic E-state index is 13.4. The lowest BCUT2D eigenvalue weighted by atomic mass is 10.0. The van der Waals surface area contributed by atoms with Crippen LogP contribution in [0.3, 0.4) is 0 Å². The van der Waals surface area contributed by atoms with Crippen LogP contribution in [0.5, 0.6) is 0 Å². The predicted molar refractivity (Wildman–Crippen MR) is 121 cm³/mol. The van der Waals surface area contributed by atoms with Crippen LogP contribution in [0.25, 0.3) is 0 Å². The van der Waals surface area contributed by atoms with E-state index in [9.17, 15) is 18.0 Å². The quantitative estimate of drug-likeness (QED) is 0.682. The van der Waals surface area contributed by atoms with Crippen molar-refractivity contribution in [1.82, 2.24) is 19.5 Å². The first kappa shape index (κ1) is 23.9. The lowest BCUT2D eigenvalue weighted by molar-refractivity contribution is -0.134. The molecule has 2 aromatic rings. The van der Waals surface area contributed by atoms with Crippen LogP contribution in [0.15, 0.2) is 53.6 Å². The Morgan fingerprint density at radius 2 is 1.84 bits per heavy atom. The molecule has 0 saturated carbocycles. The highest BCUT2D eigenvalue weighted by molar-refractivity contribution is 7.89. The molecule has 1 aliphatic rings. The second-order valence-electron chi connectivity index (χ2n) is 8.18. The number of pyridine rings is 1. The van der Waals surface area contributed by atoms with Crippen molar-refractivity contribution in [3.63, 3.8) is 0 Å². The Hall–Kier alpha value is -2.78. The largest absolute Gasteiger partial charge is 0.354 e. The van der Waals surface area contributed by atoms with Crippen LogP contribution in [-0.2, 0) is 26.0 Å². The normalized spacial score (nSPS) is 17.4. The minimum atomic E-state index is -3.90. The average Bonchev–Trinajstić information content (AvgIpc) is 2.79. The molecule has 0 radical (unpaired) electrons. The van der Waals surface area contributed by atoms with Gasteiger partial charge in [-0.05, 0) is 35.7 Å². The fourth-order valence-corrected chi connectivity index (χ4v) is 5.26. The summed E-state index contributed by atoms with van der Waals surface area (Å²) in [5, 5.41) is 2.81. The van der Waals surface area contributed by atoms with E-state index in [1.807, 2.05) is 32.0 Å². The summed E-state index contributed by atoms with van der Waals surface area (Å²) in [6, 6.07) is 11.3. The van der Waals surface area contributed by atoms with Gasteiger partial charge in [0.2, 0.25) is 21.8 Å². The van der Waals surface area contributed by atoms with Gasteiger partial charge in [0.1, 0.15) is 6.04 Å². The van der Waals surface area contributed by atoms with Crippen LogP contribution in [-0.4, -0.2) is 66.6 Å². The standard InChI is InChI=1S/C23H30N4O4S/c1-17(2)19-7-9-21(10-8-19)32(30,31)27-15-14-26(18(3)28)16-22(27)23(29)25-13-11-20-6-4-5-12-24-20/h4-10,12,17,22H,11,13-16H2,1-3H3,(H,25,29)/t22-/m1/s1. The van der Waals surface area contributed by atoms with E-state index in [-0.39, 0.29) is 36.4 Å². The average molecular weight is 459 g/mol. The van der Waals surface area contributed by atoms with Crippen molar-refractivity contribution in [2.45, 2.75) is 44.0 Å². The molecule has 172 valence electrons. The van der Waals surface area contributed by atoms with Crippen LogP contribution in [0, 0.1) is 0 Å². The van der Waals surface area contributed by atoms with Gasteiger partial charge < -0.3 is 10.2 Å². The number of hydrogen-bond acceptors (Lipinski definition) is 5. The summed E-state index contributed by atoms with van der Waals surface area (Å²) in [6.45, 7) is 6.15. The van der Waals surface area contributed by atoms with Gasteiger partial charge in [-0.25, -0.2) is 8.42 Å². The van der Waals surface area contributed by atoms with Gasteiger partial charge in [-0.1, -0.05) is 32.0 Å². The summed E-state index contributed by atoms with van der Waals surface area (Å²) >= 11 is 0. The first-order chi connectivity index (χ1) is 15.2. The van der Waals surface area contributed by atoms with E-state index in [0.717, 1.165) is 11.3 Å². The zero-order chi connectivity index (χ0) is 23.3. The molecule has 1 aliphatic heterocycles. The number of carbonyl (C=O) groups is 2. The van der Waals surface area contributed by atoms with E-state index >= 15 is 0 Å². The first-order valence-electron chi connectivity index (χ1n) is 10.7. The second-order valence-corrected chi connectivity index (χ2v) is 10.1. The van der Waals surface area contributed by atoms with Crippen LogP contribution in [0.4, 0.5) is 0 Å². The zero-order valence-corrected chi connectivity index (χ0v) is 19.5. The SMILES string of the molecule is CC(=O)N1CCN(S(=O)(=O)c2ccc(C(C)C)cc2)[C@@H](C(=O)NCCc2ccccn2)C1. The number of piperazine rings is 1. The Balaban J connectivity index is 1.78. The molecule has 0 aliphatic carbocycles. The fourth-order valence-electron chi connectivity index (χ4n) is 3.69. The van der Waals surface area contributed by atoms with Crippen molar-refractivity contribution in [2.24, 2.45) is 0 Å². The number of benzene rings is 1. The molecule has 2 heterocycles. The zero-order valence-electron chi connectivity index (χ0n) is 18.7. The van der Waals surface area contributed by atoms with E-state index in [1.54, 1.807) is 30.5 Å². The molecular weight excluding hydrogens is 428 g/mol. The van der Waals surface area contributed by atoms with Crippen molar-refractivity contribution >= 4 is 21.8 Å². The lowest BCUT2D eigenvalue weighted by Gasteiger charge is -2.39. The molecule has 2 amide bonds. The molecule has 0 bridgehead atoms. The minimum absolute atomic E-state index is 0.0219. The predicted octanol–water partition coefficient (Wildman–Crippen LogP) is 1.79. The molecular formula is C23H30N4O4S. The number of hydrogen-bond donors (Lipinski definition) is 1. The molecule has 1 saturated heterocycles. The Morgan fingerprint density at radius 3 is 2.44 bits per heavy atom. The van der Waals surface area contributed by atoms with Crippen molar-refractivity contribution in [3.05, 3.63) is 59.9 Å². The number of carbonyl (C=O) groups excluding carboxylic acids is 2. The maximum atomic E-state index is 13.4. The van der Waals surface area contributed by atoms with Gasteiger partial charge in [-0.3, -0.25) is 14.6 Å². The number of rotatable bonds is 7. The maximum Gasteiger partial charge on any atom is 0.243 e. The molecule has 1 aromatic heterocycles. The number of amides is 2. The topological polar surface area (TPSA) is 99.7 Å². The van der Waals surface area contributed by atoms with Crippen LogP contribution in [0.2, 0.25) is 0 Å². The van der Waals surface area contributed by atoms with E-state index in [4.69, 9.17) is 0 Å². The highest BCUT2D eigenvalue weighted by atomic mass is 32.2. The van der Waals surface area contributed by atoms with Crippen molar-refractivity contribution < 1.29 is 18.0 Å².